The van der Waals surface area contributed by atoms with Crippen LogP contribution in [0.3, 0.4) is 0 Å². The number of allylic oxidation sites excluding steroid dienone is 7. The number of ether oxygens (including phenoxy) is 7. The van der Waals surface area contributed by atoms with E-state index in [1.165, 1.54) is 42.5 Å². The van der Waals surface area contributed by atoms with E-state index in [4.69, 9.17) is 33.2 Å². The second-order valence-electron chi connectivity index (χ2n) is 27.6. The van der Waals surface area contributed by atoms with Gasteiger partial charge in [-0.3, -0.25) is 0 Å². The zero-order valence-corrected chi connectivity index (χ0v) is 61.8. The molecule has 0 bridgehead atoms. The van der Waals surface area contributed by atoms with Crippen molar-refractivity contribution in [3.05, 3.63) is 342 Å². The van der Waals surface area contributed by atoms with E-state index in [0.29, 0.717) is 46.7 Å². The predicted molar refractivity (Wildman–Crippen MR) is 403 cm³/mol. The number of carbonyl (C=O) groups excluding carboxylic acids is 2. The van der Waals surface area contributed by atoms with Crippen molar-refractivity contribution in [2.75, 3.05) is 31.2 Å². The second kappa shape index (κ2) is 35.2. The van der Waals surface area contributed by atoms with Gasteiger partial charge in [0.15, 0.2) is 57.9 Å². The van der Waals surface area contributed by atoms with Gasteiger partial charge in [-0.2, -0.15) is 29.0 Å². The maximum absolute atomic E-state index is 15.9. The van der Waals surface area contributed by atoms with Crippen LogP contribution in [-0.2, 0) is 46.2 Å². The highest BCUT2D eigenvalue weighted by Gasteiger charge is 2.65. The van der Waals surface area contributed by atoms with E-state index in [0.717, 1.165) is 74.8 Å². The van der Waals surface area contributed by atoms with Gasteiger partial charge in [0.05, 0.1) is 35.4 Å². The lowest BCUT2D eigenvalue weighted by Crippen LogP contribution is -2.43. The van der Waals surface area contributed by atoms with Gasteiger partial charge < -0.3 is 38.1 Å². The first-order chi connectivity index (χ1) is 55.6. The minimum Gasteiger partial charge on any atom is -0.489 e. The van der Waals surface area contributed by atoms with Crippen molar-refractivity contribution in [2.45, 2.75) is 78.2 Å². The summed E-state index contributed by atoms with van der Waals surface area (Å²) in [6.07, 6.45) is 2.16. The number of nitriles is 3. The molecule has 1 aliphatic heterocycles. The molecule has 1 unspecified atom stereocenters. The summed E-state index contributed by atoms with van der Waals surface area (Å²) in [4.78, 5) is 30.2. The van der Waals surface area contributed by atoms with Gasteiger partial charge in [-0.1, -0.05) is 159 Å². The molecule has 0 saturated heterocycles. The highest BCUT2D eigenvalue weighted by molar-refractivity contribution is 5.91. The molecule has 1 atom stereocenters. The topological polar surface area (TPSA) is 173 Å². The average molecular weight is 1590 g/mol. The molecule has 1 heterocycles. The standard InChI is InChI=1S/C90H65F13N4O9/c1-4-107(32-34-111-87(109)62-37-66(112-48-53-22-26-55-13-8-10-15-57(55)35-53)41-67(38-62)113-49-54-23-27-56-14-9-11-16-58(56)36-54)65-29-24-52(25-30-65)21-28-60-44-88(2,3)43-59(17-12-20-74-71(47-106)85(63(45-104)46-105)116-89(74,90(101,102)103)64-18-6-5-7-19-64)70(60)31-33-110-86(108)61-39-68(114-50-72-75(91)79(95)83(99)80(96)76(72)92)42-69(40-61)115-51-73-77(93)81(97)84(100)82(98)78(73)94/h5-30,35-42H,4,31-34,43-44,48-51H2,1-3H3/b20-12+,28-21+,59-17+. The molecule has 0 saturated carbocycles. The summed E-state index contributed by atoms with van der Waals surface area (Å²) < 4.78 is 233. The molecule has 116 heavy (non-hydrogen) atoms. The average Bonchev–Trinajstić information content (AvgIpc) is 1.56. The van der Waals surface area contributed by atoms with Crippen LogP contribution >= 0.6 is 0 Å². The fourth-order valence-corrected chi connectivity index (χ4v) is 13.5. The SMILES string of the molecule is CCN(CCOC(=O)c1cc(OCc2ccc3ccccc3c2)cc(OCc2ccc3ccccc3c2)c1)c1ccc(/C=C/C2=C(CCOC(=O)c3cc(OCc4c(F)c(F)c(F)c(F)c4F)cc(OCc4c(F)c(F)c(F)c(F)c4F)c3)C(=C/C=C/C3=C(C#N)C(=C(C#N)C#N)OC3(c3ccccc3)C(F)(F)F)/CC(C)(C)C2)cc1. The fourth-order valence-electron chi connectivity index (χ4n) is 13.5. The molecule has 13 nitrogen and oxygen atoms in total. The molecule has 0 spiro atoms. The lowest BCUT2D eigenvalue weighted by molar-refractivity contribution is -0.249. The van der Waals surface area contributed by atoms with E-state index in [1.807, 2.05) is 135 Å². The zero-order chi connectivity index (χ0) is 82.8. The molecule has 1 aliphatic carbocycles. The van der Waals surface area contributed by atoms with Crippen molar-refractivity contribution in [3.63, 3.8) is 0 Å². The van der Waals surface area contributed by atoms with E-state index in [2.05, 4.69) is 0 Å². The van der Waals surface area contributed by atoms with Crippen LogP contribution in [0, 0.1) is 97.6 Å². The summed E-state index contributed by atoms with van der Waals surface area (Å²) in [5.41, 5.74) is -5.72. The molecule has 0 amide bonds. The number of anilines is 1. The number of likely N-dealkylation sites (N-methyl/N-ethyl adjacent to an activating group) is 1. The highest BCUT2D eigenvalue weighted by atomic mass is 19.4. The summed E-state index contributed by atoms with van der Waals surface area (Å²) in [6, 6.07) is 53.5. The van der Waals surface area contributed by atoms with Gasteiger partial charge in [0.1, 0.15) is 79.8 Å². The third-order valence-corrected chi connectivity index (χ3v) is 19.3. The van der Waals surface area contributed by atoms with Crippen LogP contribution in [0.25, 0.3) is 27.6 Å². The van der Waals surface area contributed by atoms with Crippen LogP contribution in [0.15, 0.2) is 239 Å². The Morgan fingerprint density at radius 3 is 1.44 bits per heavy atom. The molecule has 0 radical (unpaired) electrons. The number of benzene rings is 10. The Balaban J connectivity index is 0.824. The maximum atomic E-state index is 15.9. The van der Waals surface area contributed by atoms with Crippen molar-refractivity contribution >= 4 is 45.2 Å². The second-order valence-corrected chi connectivity index (χ2v) is 27.6. The van der Waals surface area contributed by atoms with Gasteiger partial charge >= 0.3 is 18.1 Å². The number of carbonyl (C=O) groups is 2. The lowest BCUT2D eigenvalue weighted by atomic mass is 9.71. The molecular weight excluding hydrogens is 1530 g/mol. The van der Waals surface area contributed by atoms with E-state index in [9.17, 15) is 69.3 Å². The number of hydrogen-bond acceptors (Lipinski definition) is 13. The third kappa shape index (κ3) is 17.9. The van der Waals surface area contributed by atoms with Crippen LogP contribution in [0.4, 0.5) is 62.8 Å². The summed E-state index contributed by atoms with van der Waals surface area (Å²) >= 11 is 0. The number of halogens is 13. The van der Waals surface area contributed by atoms with Gasteiger partial charge in [-0.25, -0.2) is 53.5 Å². The van der Waals surface area contributed by atoms with Crippen molar-refractivity contribution in [2.24, 2.45) is 5.41 Å². The Hall–Kier alpha value is -13.5. The number of fused-ring (bicyclic) bond motifs is 2. The van der Waals surface area contributed by atoms with Gasteiger partial charge in [-0.15, -0.1) is 0 Å². The molecule has 26 heteroatoms. The van der Waals surface area contributed by atoms with Crippen molar-refractivity contribution in [1.82, 2.24) is 0 Å². The Morgan fingerprint density at radius 1 is 0.517 bits per heavy atom. The highest BCUT2D eigenvalue weighted by Crippen LogP contribution is 2.56. The number of esters is 2. The number of nitrogens with zero attached hydrogens (tertiary/aromatic N) is 4. The third-order valence-electron chi connectivity index (χ3n) is 19.3. The van der Waals surface area contributed by atoms with E-state index in [-0.39, 0.29) is 44.8 Å². The Bertz CT molecular complexity index is 5570. The summed E-state index contributed by atoms with van der Waals surface area (Å²) in [6.45, 7) is 3.40. The normalized spacial score (nSPS) is 15.0. The first kappa shape index (κ1) is 81.9. The Labute approximate surface area is 656 Å². The quantitative estimate of drug-likeness (QED) is 0.0157. The van der Waals surface area contributed by atoms with Crippen LogP contribution in [0.5, 0.6) is 23.0 Å². The lowest BCUT2D eigenvalue weighted by Gasteiger charge is -2.34. The molecule has 590 valence electrons. The van der Waals surface area contributed by atoms with Crippen LogP contribution in [-0.4, -0.2) is 44.4 Å². The van der Waals surface area contributed by atoms with Gasteiger partial charge in [0.2, 0.25) is 11.6 Å². The molecular formula is C90H65F13N4O9. The van der Waals surface area contributed by atoms with Crippen LogP contribution < -0.4 is 23.8 Å². The molecule has 12 rings (SSSR count). The zero-order valence-electron chi connectivity index (χ0n) is 61.8. The monoisotopic (exact) mass is 1590 g/mol. The minimum absolute atomic E-state index is 0.0401. The summed E-state index contributed by atoms with van der Waals surface area (Å²) in [5.74, 6) is -26.9. The summed E-state index contributed by atoms with van der Waals surface area (Å²) in [5, 5.41) is 34.5. The summed E-state index contributed by atoms with van der Waals surface area (Å²) in [7, 11) is 0. The predicted octanol–water partition coefficient (Wildman–Crippen LogP) is 21.9. The molecule has 2 aliphatic rings. The molecule has 0 fully saturated rings. The first-order valence-electron chi connectivity index (χ1n) is 35.9. The molecule has 10 aromatic carbocycles. The fraction of sp³-hybridized carbons (Fsp3) is 0.189. The van der Waals surface area contributed by atoms with Crippen LogP contribution in [0.1, 0.15) is 94.1 Å². The number of rotatable bonds is 27. The maximum Gasteiger partial charge on any atom is 0.437 e. The largest absolute Gasteiger partial charge is 0.489 e. The molecule has 10 aromatic rings. The minimum atomic E-state index is -5.34. The smallest absolute Gasteiger partial charge is 0.437 e. The Morgan fingerprint density at radius 2 is 0.974 bits per heavy atom. The molecule has 0 aromatic heterocycles. The van der Waals surface area contributed by atoms with E-state index in [1.54, 1.807) is 36.4 Å². The molecule has 0 N–H and O–H groups in total. The van der Waals surface area contributed by atoms with Gasteiger partial charge in [-0.05, 0) is 129 Å². The van der Waals surface area contributed by atoms with E-state index >= 15 is 13.2 Å². The van der Waals surface area contributed by atoms with Crippen molar-refractivity contribution < 1.29 is 99.8 Å². The number of hydrogen-bond donors (Lipinski definition) is 0. The van der Waals surface area contributed by atoms with Gasteiger partial charge in [0, 0.05) is 41.9 Å². The Kier molecular flexibility index (Phi) is 24.9. The van der Waals surface area contributed by atoms with Crippen LogP contribution in [0.2, 0.25) is 0 Å². The first-order valence-corrected chi connectivity index (χ1v) is 35.9. The van der Waals surface area contributed by atoms with Gasteiger partial charge in [0.25, 0.3) is 5.60 Å². The van der Waals surface area contributed by atoms with Crippen molar-refractivity contribution in [1.29, 1.82) is 15.8 Å². The number of alkyl halides is 3. The van der Waals surface area contributed by atoms with E-state index < -0.39 is 163 Å². The van der Waals surface area contributed by atoms with Crippen molar-refractivity contribution in [3.8, 4) is 41.2 Å².